The van der Waals surface area contributed by atoms with Crippen LogP contribution in [0.25, 0.3) is 0 Å². The van der Waals surface area contributed by atoms with Crippen LogP contribution >= 0.6 is 0 Å². The molecule has 1 rings (SSSR count). The standard InChI is InChI=1S/C15H22F2N2O2/c1-10(2)7-13(9-20)19-15(21)18-6-5-11-8-12(16)3-4-14(11)17/h3-4,8,10,13,20H,5-7,9H2,1-2H3,(H2,18,19,21). The molecule has 0 spiro atoms. The first-order valence-corrected chi connectivity index (χ1v) is 7.01. The fraction of sp³-hybridized carbons (Fsp3) is 0.533. The normalized spacial score (nSPS) is 12.3. The Morgan fingerprint density at radius 1 is 1.33 bits per heavy atom. The molecule has 1 aromatic rings. The summed E-state index contributed by atoms with van der Waals surface area (Å²) in [5.74, 6) is -0.649. The van der Waals surface area contributed by atoms with Crippen LogP contribution in [0.3, 0.4) is 0 Å². The van der Waals surface area contributed by atoms with E-state index in [0.717, 1.165) is 18.2 Å². The molecule has 1 atom stereocenters. The minimum atomic E-state index is -0.506. The molecule has 1 unspecified atom stereocenters. The number of hydrogen-bond donors (Lipinski definition) is 3. The number of urea groups is 1. The number of aliphatic hydroxyl groups is 1. The summed E-state index contributed by atoms with van der Waals surface area (Å²) in [5.41, 5.74) is 0.219. The van der Waals surface area contributed by atoms with Gasteiger partial charge in [0.1, 0.15) is 11.6 Å². The van der Waals surface area contributed by atoms with E-state index in [1.807, 2.05) is 13.8 Å². The lowest BCUT2D eigenvalue weighted by molar-refractivity contribution is 0.207. The van der Waals surface area contributed by atoms with E-state index in [0.29, 0.717) is 12.3 Å². The molecule has 2 amide bonds. The van der Waals surface area contributed by atoms with Crippen LogP contribution in [0.2, 0.25) is 0 Å². The van der Waals surface area contributed by atoms with Gasteiger partial charge >= 0.3 is 6.03 Å². The summed E-state index contributed by atoms with van der Waals surface area (Å²) >= 11 is 0. The maximum Gasteiger partial charge on any atom is 0.315 e. The zero-order valence-corrected chi connectivity index (χ0v) is 12.3. The highest BCUT2D eigenvalue weighted by molar-refractivity contribution is 5.74. The van der Waals surface area contributed by atoms with E-state index >= 15 is 0 Å². The van der Waals surface area contributed by atoms with Gasteiger partial charge in [0.15, 0.2) is 0 Å². The van der Waals surface area contributed by atoms with E-state index in [-0.39, 0.29) is 31.2 Å². The van der Waals surface area contributed by atoms with Gasteiger partial charge in [-0.3, -0.25) is 0 Å². The van der Waals surface area contributed by atoms with Crippen LogP contribution in [0.5, 0.6) is 0 Å². The van der Waals surface area contributed by atoms with Gasteiger partial charge in [0.25, 0.3) is 0 Å². The van der Waals surface area contributed by atoms with Gasteiger partial charge in [-0.15, -0.1) is 0 Å². The van der Waals surface area contributed by atoms with Crippen molar-refractivity contribution in [2.45, 2.75) is 32.7 Å². The Bertz CT molecular complexity index is 467. The number of benzene rings is 1. The van der Waals surface area contributed by atoms with Crippen molar-refractivity contribution in [3.8, 4) is 0 Å². The van der Waals surface area contributed by atoms with E-state index in [2.05, 4.69) is 10.6 Å². The van der Waals surface area contributed by atoms with Crippen molar-refractivity contribution in [3.05, 3.63) is 35.4 Å². The molecular formula is C15H22F2N2O2. The highest BCUT2D eigenvalue weighted by Gasteiger charge is 2.12. The summed E-state index contributed by atoms with van der Waals surface area (Å²) in [7, 11) is 0. The first-order valence-electron chi connectivity index (χ1n) is 7.01. The monoisotopic (exact) mass is 300 g/mol. The Hall–Kier alpha value is -1.69. The molecule has 4 nitrogen and oxygen atoms in total. The quantitative estimate of drug-likeness (QED) is 0.723. The number of hydrogen-bond acceptors (Lipinski definition) is 2. The van der Waals surface area contributed by atoms with Crippen molar-refractivity contribution >= 4 is 6.03 Å². The van der Waals surface area contributed by atoms with Crippen molar-refractivity contribution in [1.82, 2.24) is 10.6 Å². The van der Waals surface area contributed by atoms with E-state index in [4.69, 9.17) is 5.11 Å². The molecule has 0 aliphatic carbocycles. The summed E-state index contributed by atoms with van der Waals surface area (Å²) < 4.78 is 26.4. The predicted molar refractivity (Wildman–Crippen MR) is 76.9 cm³/mol. The first kappa shape index (κ1) is 17.4. The highest BCUT2D eigenvalue weighted by atomic mass is 19.1. The molecule has 118 valence electrons. The van der Waals surface area contributed by atoms with Crippen molar-refractivity contribution in [1.29, 1.82) is 0 Å². The van der Waals surface area contributed by atoms with Crippen LogP contribution in [0.4, 0.5) is 13.6 Å². The largest absolute Gasteiger partial charge is 0.394 e. The lowest BCUT2D eigenvalue weighted by atomic mass is 10.0. The zero-order valence-electron chi connectivity index (χ0n) is 12.3. The second-order valence-electron chi connectivity index (χ2n) is 5.40. The first-order chi connectivity index (χ1) is 9.92. The van der Waals surface area contributed by atoms with Crippen molar-refractivity contribution in [2.75, 3.05) is 13.2 Å². The summed E-state index contributed by atoms with van der Waals surface area (Å²) in [6.07, 6.45) is 0.868. The fourth-order valence-corrected chi connectivity index (χ4v) is 2.03. The minimum Gasteiger partial charge on any atom is -0.394 e. The number of rotatable bonds is 7. The van der Waals surface area contributed by atoms with Crippen LogP contribution in [-0.4, -0.2) is 30.3 Å². The van der Waals surface area contributed by atoms with Crippen molar-refractivity contribution in [3.63, 3.8) is 0 Å². The van der Waals surface area contributed by atoms with Crippen molar-refractivity contribution in [2.24, 2.45) is 5.92 Å². The molecule has 0 radical (unpaired) electrons. The molecule has 0 fully saturated rings. The highest BCUT2D eigenvalue weighted by Crippen LogP contribution is 2.09. The number of carbonyl (C=O) groups is 1. The van der Waals surface area contributed by atoms with Crippen LogP contribution in [0, 0.1) is 17.6 Å². The molecule has 0 heterocycles. The maximum absolute atomic E-state index is 13.4. The number of nitrogens with one attached hydrogen (secondary N) is 2. The Balaban J connectivity index is 2.37. The van der Waals surface area contributed by atoms with Crippen LogP contribution in [0.1, 0.15) is 25.8 Å². The van der Waals surface area contributed by atoms with Gasteiger partial charge in [0.2, 0.25) is 0 Å². The molecule has 0 aliphatic rings. The zero-order chi connectivity index (χ0) is 15.8. The van der Waals surface area contributed by atoms with Crippen LogP contribution < -0.4 is 10.6 Å². The minimum absolute atomic E-state index is 0.135. The second kappa shape index (κ2) is 8.56. The van der Waals surface area contributed by atoms with E-state index in [1.54, 1.807) is 0 Å². The summed E-state index contributed by atoms with van der Waals surface area (Å²) in [6, 6.07) is 2.50. The molecule has 0 saturated carbocycles. The van der Waals surface area contributed by atoms with Crippen LogP contribution in [-0.2, 0) is 6.42 Å². The Morgan fingerprint density at radius 2 is 2.05 bits per heavy atom. The van der Waals surface area contributed by atoms with Crippen molar-refractivity contribution < 1.29 is 18.7 Å². The third-order valence-electron chi connectivity index (χ3n) is 3.00. The number of aliphatic hydroxyl groups excluding tert-OH is 1. The van der Waals surface area contributed by atoms with Gasteiger partial charge in [-0.2, -0.15) is 0 Å². The molecular weight excluding hydrogens is 278 g/mol. The number of carbonyl (C=O) groups excluding carboxylic acids is 1. The lowest BCUT2D eigenvalue weighted by Gasteiger charge is -2.18. The molecule has 0 aliphatic heterocycles. The van der Waals surface area contributed by atoms with E-state index in [1.165, 1.54) is 0 Å². The van der Waals surface area contributed by atoms with E-state index in [9.17, 15) is 13.6 Å². The molecule has 0 aromatic heterocycles. The lowest BCUT2D eigenvalue weighted by Crippen LogP contribution is -2.44. The van der Waals surface area contributed by atoms with Gasteiger partial charge in [-0.05, 0) is 42.5 Å². The molecule has 1 aromatic carbocycles. The molecule has 21 heavy (non-hydrogen) atoms. The number of halogens is 2. The van der Waals surface area contributed by atoms with Gasteiger partial charge in [0.05, 0.1) is 12.6 Å². The summed E-state index contributed by atoms with van der Waals surface area (Å²) in [4.78, 5) is 11.6. The average Bonchev–Trinajstić information content (AvgIpc) is 2.41. The van der Waals surface area contributed by atoms with Gasteiger partial charge in [-0.1, -0.05) is 13.8 Å². The van der Waals surface area contributed by atoms with E-state index < -0.39 is 17.7 Å². The fourth-order valence-electron chi connectivity index (χ4n) is 2.03. The SMILES string of the molecule is CC(C)CC(CO)NC(=O)NCCc1cc(F)ccc1F. The van der Waals surface area contributed by atoms with Gasteiger partial charge in [0, 0.05) is 6.54 Å². The second-order valence-corrected chi connectivity index (χ2v) is 5.40. The topological polar surface area (TPSA) is 61.4 Å². The summed E-state index contributed by atoms with van der Waals surface area (Å²) in [5, 5.41) is 14.4. The Kier molecular flexibility index (Phi) is 7.08. The van der Waals surface area contributed by atoms with Crippen LogP contribution in [0.15, 0.2) is 18.2 Å². The van der Waals surface area contributed by atoms with Gasteiger partial charge in [-0.25, -0.2) is 13.6 Å². The molecule has 0 saturated heterocycles. The summed E-state index contributed by atoms with van der Waals surface area (Å²) in [6.45, 7) is 4.04. The molecule has 0 bridgehead atoms. The number of amides is 2. The molecule has 6 heteroatoms. The third-order valence-corrected chi connectivity index (χ3v) is 3.00. The third kappa shape index (κ3) is 6.53. The predicted octanol–water partition coefficient (Wildman–Crippen LogP) is 2.21. The smallest absolute Gasteiger partial charge is 0.315 e. The average molecular weight is 300 g/mol. The Morgan fingerprint density at radius 3 is 2.67 bits per heavy atom. The maximum atomic E-state index is 13.4. The van der Waals surface area contributed by atoms with Gasteiger partial charge < -0.3 is 15.7 Å². The Labute approximate surface area is 123 Å². The molecule has 3 N–H and O–H groups in total.